The maximum Gasteiger partial charge on any atom is 0.119 e. The lowest BCUT2D eigenvalue weighted by Crippen LogP contribution is -1.97. The van der Waals surface area contributed by atoms with E-state index in [-0.39, 0.29) is 0 Å². The minimum absolute atomic E-state index is 0.638. The average Bonchev–Trinajstić information content (AvgIpc) is 2.42. The highest BCUT2D eigenvalue weighted by molar-refractivity contribution is 6.17. The van der Waals surface area contributed by atoms with Gasteiger partial charge >= 0.3 is 0 Å². The van der Waals surface area contributed by atoms with Crippen molar-refractivity contribution in [2.75, 3.05) is 12.5 Å². The normalized spacial score (nSPS) is 10.3. The highest BCUT2D eigenvalue weighted by Crippen LogP contribution is 2.15. The van der Waals surface area contributed by atoms with E-state index in [1.807, 2.05) is 24.4 Å². The predicted octanol–water partition coefficient (Wildman–Crippen LogP) is 3.68. The van der Waals surface area contributed by atoms with Crippen molar-refractivity contribution in [3.63, 3.8) is 0 Å². The minimum atomic E-state index is 0.638. The molecule has 0 aliphatic heterocycles. The molecule has 0 N–H and O–H groups in total. The molecule has 0 bridgehead atoms. The molecule has 2 nitrogen and oxygen atoms in total. The number of hydrogen-bond acceptors (Lipinski definition) is 2. The maximum atomic E-state index is 5.60. The van der Waals surface area contributed by atoms with E-state index in [2.05, 4.69) is 23.2 Å². The van der Waals surface area contributed by atoms with Crippen LogP contribution in [0.2, 0.25) is 0 Å². The van der Waals surface area contributed by atoms with E-state index in [0.717, 1.165) is 18.6 Å². The van der Waals surface area contributed by atoms with Gasteiger partial charge in [-0.15, -0.1) is 11.6 Å². The first-order valence-corrected chi connectivity index (χ1v) is 6.58. The Hall–Kier alpha value is -1.54. The number of rotatable bonds is 6. The summed E-state index contributed by atoms with van der Waals surface area (Å²) in [7, 11) is 0. The first kappa shape index (κ1) is 12.9. The molecule has 0 saturated heterocycles. The van der Waals surface area contributed by atoms with E-state index in [1.165, 1.54) is 11.1 Å². The van der Waals surface area contributed by atoms with Crippen LogP contribution in [0, 0.1) is 0 Å². The Balaban J connectivity index is 1.91. The molecular formula is C15H16ClNO. The highest BCUT2D eigenvalue weighted by atomic mass is 35.5. The van der Waals surface area contributed by atoms with Gasteiger partial charge < -0.3 is 4.74 Å². The number of alkyl halides is 1. The van der Waals surface area contributed by atoms with E-state index >= 15 is 0 Å². The quantitative estimate of drug-likeness (QED) is 0.585. The average molecular weight is 262 g/mol. The number of pyridine rings is 1. The molecule has 1 heterocycles. The van der Waals surface area contributed by atoms with Crippen LogP contribution in [0.15, 0.2) is 48.8 Å². The smallest absolute Gasteiger partial charge is 0.119 e. The lowest BCUT2D eigenvalue weighted by atomic mass is 10.1. The largest absolute Gasteiger partial charge is 0.494 e. The summed E-state index contributed by atoms with van der Waals surface area (Å²) in [4.78, 5) is 4.11. The van der Waals surface area contributed by atoms with Crippen LogP contribution in [-0.2, 0) is 6.42 Å². The molecule has 0 amide bonds. The summed E-state index contributed by atoms with van der Waals surface area (Å²) in [5.74, 6) is 1.54. The molecule has 94 valence electrons. The van der Waals surface area contributed by atoms with Crippen LogP contribution in [0.4, 0.5) is 0 Å². The number of nitrogens with zero attached hydrogens (tertiary/aromatic N) is 1. The van der Waals surface area contributed by atoms with E-state index in [4.69, 9.17) is 16.3 Å². The second-order valence-electron chi connectivity index (χ2n) is 4.07. The van der Waals surface area contributed by atoms with Crippen LogP contribution in [0.3, 0.4) is 0 Å². The molecule has 0 saturated carbocycles. The van der Waals surface area contributed by atoms with Crippen molar-refractivity contribution in [3.05, 3.63) is 59.9 Å². The fourth-order valence-electron chi connectivity index (χ4n) is 1.69. The van der Waals surface area contributed by atoms with Crippen LogP contribution >= 0.6 is 11.6 Å². The van der Waals surface area contributed by atoms with Crippen molar-refractivity contribution in [2.24, 2.45) is 0 Å². The molecular weight excluding hydrogens is 246 g/mol. The number of hydrogen-bond donors (Lipinski definition) is 0. The van der Waals surface area contributed by atoms with Gasteiger partial charge in [0.25, 0.3) is 0 Å². The Bertz CT molecular complexity index is 456. The Kier molecular flexibility index (Phi) is 5.03. The van der Waals surface area contributed by atoms with Gasteiger partial charge in [-0.2, -0.15) is 0 Å². The standard InChI is InChI=1S/C15H16ClNO/c16-8-2-10-18-15-6-4-13(5-7-15)11-14-3-1-9-17-12-14/h1,3-7,9,12H,2,8,10-11H2. The maximum absolute atomic E-state index is 5.60. The molecule has 2 rings (SSSR count). The van der Waals surface area contributed by atoms with Gasteiger partial charge in [0.2, 0.25) is 0 Å². The minimum Gasteiger partial charge on any atom is -0.494 e. The van der Waals surface area contributed by atoms with Crippen LogP contribution < -0.4 is 4.74 Å². The zero-order valence-electron chi connectivity index (χ0n) is 10.2. The molecule has 0 aliphatic rings. The first-order chi connectivity index (χ1) is 8.88. The summed E-state index contributed by atoms with van der Waals surface area (Å²) in [6.07, 6.45) is 5.46. The molecule has 0 atom stereocenters. The first-order valence-electron chi connectivity index (χ1n) is 6.05. The van der Waals surface area contributed by atoms with Gasteiger partial charge in [0.15, 0.2) is 0 Å². The molecule has 0 aliphatic carbocycles. The Morgan fingerprint density at radius 3 is 2.56 bits per heavy atom. The lowest BCUT2D eigenvalue weighted by molar-refractivity contribution is 0.318. The number of halogens is 1. The third-order valence-corrected chi connectivity index (χ3v) is 2.87. The summed E-state index contributed by atoms with van der Waals surface area (Å²) in [5, 5.41) is 0. The van der Waals surface area contributed by atoms with Crippen molar-refractivity contribution in [3.8, 4) is 5.75 Å². The van der Waals surface area contributed by atoms with E-state index in [9.17, 15) is 0 Å². The summed E-state index contributed by atoms with van der Waals surface area (Å²) in [5.41, 5.74) is 2.47. The summed E-state index contributed by atoms with van der Waals surface area (Å²) in [6, 6.07) is 12.2. The van der Waals surface area contributed by atoms with Crippen molar-refractivity contribution in [1.29, 1.82) is 0 Å². The topological polar surface area (TPSA) is 22.1 Å². The van der Waals surface area contributed by atoms with E-state index in [1.54, 1.807) is 6.20 Å². The fraction of sp³-hybridized carbons (Fsp3) is 0.267. The van der Waals surface area contributed by atoms with Crippen LogP contribution in [0.5, 0.6) is 5.75 Å². The van der Waals surface area contributed by atoms with E-state index < -0.39 is 0 Å². The summed E-state index contributed by atoms with van der Waals surface area (Å²) >= 11 is 5.60. The van der Waals surface area contributed by atoms with Crippen molar-refractivity contribution < 1.29 is 4.74 Å². The van der Waals surface area contributed by atoms with Gasteiger partial charge in [-0.1, -0.05) is 18.2 Å². The molecule has 0 spiro atoms. The van der Waals surface area contributed by atoms with Gasteiger partial charge in [-0.05, 0) is 42.2 Å². The van der Waals surface area contributed by atoms with Crippen molar-refractivity contribution in [2.45, 2.75) is 12.8 Å². The van der Waals surface area contributed by atoms with Gasteiger partial charge in [-0.3, -0.25) is 4.98 Å². The molecule has 0 fully saturated rings. The lowest BCUT2D eigenvalue weighted by Gasteiger charge is -2.06. The molecule has 18 heavy (non-hydrogen) atoms. The van der Waals surface area contributed by atoms with Crippen LogP contribution in [0.1, 0.15) is 17.5 Å². The Morgan fingerprint density at radius 1 is 1.06 bits per heavy atom. The number of benzene rings is 1. The number of aromatic nitrogens is 1. The third-order valence-electron chi connectivity index (χ3n) is 2.60. The summed E-state index contributed by atoms with van der Waals surface area (Å²) in [6.45, 7) is 0.672. The monoisotopic (exact) mass is 261 g/mol. The predicted molar refractivity (Wildman–Crippen MR) is 74.3 cm³/mol. The van der Waals surface area contributed by atoms with Gasteiger partial charge in [0.1, 0.15) is 5.75 Å². The van der Waals surface area contributed by atoms with Crippen LogP contribution in [-0.4, -0.2) is 17.5 Å². The van der Waals surface area contributed by atoms with Crippen LogP contribution in [0.25, 0.3) is 0 Å². The highest BCUT2D eigenvalue weighted by Gasteiger charge is 1.98. The fourth-order valence-corrected chi connectivity index (χ4v) is 1.80. The summed E-state index contributed by atoms with van der Waals surface area (Å²) < 4.78 is 5.55. The van der Waals surface area contributed by atoms with Gasteiger partial charge in [-0.25, -0.2) is 0 Å². The molecule has 2 aromatic rings. The Labute approximate surface area is 113 Å². The second kappa shape index (κ2) is 7.02. The molecule has 0 unspecified atom stereocenters. The zero-order chi connectivity index (χ0) is 12.6. The van der Waals surface area contributed by atoms with Crippen molar-refractivity contribution in [1.82, 2.24) is 4.98 Å². The molecule has 3 heteroatoms. The zero-order valence-corrected chi connectivity index (χ0v) is 10.9. The Morgan fingerprint density at radius 2 is 1.89 bits per heavy atom. The molecule has 0 radical (unpaired) electrons. The third kappa shape index (κ3) is 4.04. The molecule has 1 aromatic heterocycles. The number of ether oxygens (including phenoxy) is 1. The van der Waals surface area contributed by atoms with Crippen molar-refractivity contribution >= 4 is 11.6 Å². The van der Waals surface area contributed by atoms with E-state index in [0.29, 0.717) is 12.5 Å². The van der Waals surface area contributed by atoms with Gasteiger partial charge in [0.05, 0.1) is 6.61 Å². The second-order valence-corrected chi connectivity index (χ2v) is 4.45. The van der Waals surface area contributed by atoms with Gasteiger partial charge in [0, 0.05) is 18.3 Å². The molecule has 1 aromatic carbocycles. The SMILES string of the molecule is ClCCCOc1ccc(Cc2cccnc2)cc1.